The van der Waals surface area contributed by atoms with Crippen molar-refractivity contribution < 1.29 is 8.83 Å². The van der Waals surface area contributed by atoms with Crippen LogP contribution < -0.4 is 0 Å². The summed E-state index contributed by atoms with van der Waals surface area (Å²) in [5.41, 5.74) is 32.0. The quantitative estimate of drug-likeness (QED) is 0.129. The summed E-state index contributed by atoms with van der Waals surface area (Å²) in [7, 11) is 0. The van der Waals surface area contributed by atoms with Gasteiger partial charge >= 0.3 is 0 Å². The molecule has 0 aliphatic carbocycles. The summed E-state index contributed by atoms with van der Waals surface area (Å²) in [4.78, 5) is 0. The van der Waals surface area contributed by atoms with Crippen molar-refractivity contribution in [3.63, 3.8) is 0 Å². The maximum absolute atomic E-state index is 6.32. The van der Waals surface area contributed by atoms with Crippen molar-refractivity contribution in [2.24, 2.45) is 0 Å². The third-order valence-electron chi connectivity index (χ3n) is 21.6. The molecular weight excluding hydrogens is 1250 g/mol. The number of furan rings is 2. The van der Waals surface area contributed by atoms with Crippen LogP contribution in [0.3, 0.4) is 0 Å². The fourth-order valence-electron chi connectivity index (χ4n) is 16.7. The predicted octanol–water partition coefficient (Wildman–Crippen LogP) is 26.7. The molecule has 0 spiro atoms. The van der Waals surface area contributed by atoms with Gasteiger partial charge < -0.3 is 22.5 Å². The molecule has 0 atom stereocenters. The Hall–Kier alpha value is -13.5. The van der Waals surface area contributed by atoms with Crippen molar-refractivity contribution in [3.8, 4) is 83.8 Å². The van der Waals surface area contributed by atoms with Crippen LogP contribution in [-0.2, 0) is 6.42 Å². The summed E-state index contributed by atoms with van der Waals surface area (Å²) in [6, 6.07) is 129. The first-order valence-electron chi connectivity index (χ1n) is 35.5. The lowest BCUT2D eigenvalue weighted by Crippen LogP contribution is -1.96. The van der Waals surface area contributed by atoms with E-state index >= 15 is 0 Å². The number of nitrogens with zero attached hydrogens (tertiary/aromatic N) is 3. The van der Waals surface area contributed by atoms with Crippen LogP contribution in [-0.4, -0.2) is 13.7 Å². The Morgan fingerprint density at radius 3 is 1.14 bits per heavy atom. The van der Waals surface area contributed by atoms with Gasteiger partial charge in [0.25, 0.3) is 0 Å². The van der Waals surface area contributed by atoms with Gasteiger partial charge in [-0.15, -0.1) is 0 Å². The largest absolute Gasteiger partial charge is 0.456 e. The molecule has 5 heteroatoms. The summed E-state index contributed by atoms with van der Waals surface area (Å²) in [5.74, 6) is 0. The predicted molar refractivity (Wildman–Crippen MR) is 431 cm³/mol. The lowest BCUT2D eigenvalue weighted by molar-refractivity contribution is 0.668. The van der Waals surface area contributed by atoms with E-state index in [1.807, 2.05) is 18.2 Å². The highest BCUT2D eigenvalue weighted by molar-refractivity contribution is 6.14. The highest BCUT2D eigenvalue weighted by Crippen LogP contribution is 2.44. The number of fused-ring (bicyclic) bond motifs is 15. The summed E-state index contributed by atoms with van der Waals surface area (Å²) < 4.78 is 19.8. The molecule has 0 saturated carbocycles. The zero-order valence-electron chi connectivity index (χ0n) is 56.4. The molecule has 5 heterocycles. The molecule has 0 bridgehead atoms. The SMILES string of the molecule is Cc1cc(-c2cccc(-c3ccc4c(c3)c3ccccc3n4-c3cccc(-c4ccc5c(c4)c4ccccc4n5-c4ccccc4)c3)c2)ccc1-c1cc(-c2cccc(-c3ccc4c(c3)c3ccccc3n4-c3ccc4oc5ccccc5c4c3)c2)ccc1Cc1ccc2oc3ccccc3c2c1. The Morgan fingerprint density at radius 2 is 0.592 bits per heavy atom. The van der Waals surface area contributed by atoms with E-state index in [2.05, 4.69) is 354 Å². The molecular formula is C98H63N3O2. The number of benzene rings is 16. The van der Waals surface area contributed by atoms with Crippen molar-refractivity contribution in [1.29, 1.82) is 0 Å². The second-order valence-electron chi connectivity index (χ2n) is 27.6. The van der Waals surface area contributed by atoms with Crippen molar-refractivity contribution in [2.75, 3.05) is 0 Å². The lowest BCUT2D eigenvalue weighted by atomic mass is 9.87. The zero-order valence-corrected chi connectivity index (χ0v) is 56.4. The van der Waals surface area contributed by atoms with Crippen LogP contribution in [0.4, 0.5) is 0 Å². The van der Waals surface area contributed by atoms with E-state index in [4.69, 9.17) is 8.83 Å². The molecule has 0 N–H and O–H groups in total. The number of hydrogen-bond donors (Lipinski definition) is 0. The smallest absolute Gasteiger partial charge is 0.135 e. The number of para-hydroxylation sites is 6. The topological polar surface area (TPSA) is 41.1 Å². The summed E-state index contributed by atoms with van der Waals surface area (Å²) >= 11 is 0. The molecule has 0 saturated heterocycles. The molecule has 0 fully saturated rings. The van der Waals surface area contributed by atoms with Crippen molar-refractivity contribution in [2.45, 2.75) is 13.3 Å². The molecule has 5 nitrogen and oxygen atoms in total. The Balaban J connectivity index is 0.619. The Kier molecular flexibility index (Phi) is 13.2. The maximum Gasteiger partial charge on any atom is 0.135 e. The molecule has 5 aromatic heterocycles. The van der Waals surface area contributed by atoms with Crippen molar-refractivity contribution in [3.05, 3.63) is 369 Å². The van der Waals surface area contributed by atoms with Crippen LogP contribution in [0.1, 0.15) is 16.7 Å². The van der Waals surface area contributed by atoms with Crippen molar-refractivity contribution >= 4 is 109 Å². The van der Waals surface area contributed by atoms with Gasteiger partial charge in [0.1, 0.15) is 22.3 Å². The van der Waals surface area contributed by atoms with Crippen LogP contribution in [0.5, 0.6) is 0 Å². The third-order valence-corrected chi connectivity index (χ3v) is 21.6. The zero-order chi connectivity index (χ0) is 67.8. The van der Waals surface area contributed by atoms with Crippen LogP contribution in [0.15, 0.2) is 361 Å². The van der Waals surface area contributed by atoms with Gasteiger partial charge in [-0.05, 0) is 236 Å². The van der Waals surface area contributed by atoms with Crippen LogP contribution in [0, 0.1) is 6.92 Å². The molecule has 103 heavy (non-hydrogen) atoms. The Morgan fingerprint density at radius 1 is 0.214 bits per heavy atom. The van der Waals surface area contributed by atoms with Crippen LogP contribution in [0.2, 0.25) is 0 Å². The molecule has 0 aliphatic heterocycles. The lowest BCUT2D eigenvalue weighted by Gasteiger charge is -2.17. The summed E-state index contributed by atoms with van der Waals surface area (Å²) in [6.45, 7) is 2.28. The van der Waals surface area contributed by atoms with Gasteiger partial charge in [-0.2, -0.15) is 0 Å². The van der Waals surface area contributed by atoms with Gasteiger partial charge in [0.15, 0.2) is 0 Å². The number of rotatable bonds is 11. The minimum atomic E-state index is 0.754. The number of aryl methyl sites for hydroxylation is 1. The second kappa shape index (κ2) is 23.3. The first kappa shape index (κ1) is 58.5. The van der Waals surface area contributed by atoms with Gasteiger partial charge in [-0.1, -0.05) is 212 Å². The van der Waals surface area contributed by atoms with Gasteiger partial charge in [0, 0.05) is 70.9 Å². The fraction of sp³-hybridized carbons (Fsp3) is 0.0204. The minimum Gasteiger partial charge on any atom is -0.456 e. The van der Waals surface area contributed by atoms with Gasteiger partial charge in [0.2, 0.25) is 0 Å². The van der Waals surface area contributed by atoms with Crippen molar-refractivity contribution in [1.82, 2.24) is 13.7 Å². The molecule has 16 aromatic carbocycles. The molecule has 21 aromatic rings. The molecule has 482 valence electrons. The summed E-state index contributed by atoms with van der Waals surface area (Å²) in [6.07, 6.45) is 0.754. The van der Waals surface area contributed by atoms with E-state index in [1.54, 1.807) is 0 Å². The standard InChI is InChI=1S/C98H63N3O2/c1-61-50-68(63-18-15-20-65(53-63)70-40-46-93-85(57-70)79-27-6-11-32-90(79)100(93)75-25-17-22-67(55-75)72-42-45-92-84(59-72)78-26-5-10-31-89(78)99(92)74-23-3-2-4-24-74)39-44-77(61)83-56-69(37-38-73(83)51-62-36-48-97-87(52-62)81-29-8-13-34-95(81)102-97)64-19-16-21-66(54-64)71-41-47-94-86(58-71)80-28-7-12-33-91(80)101(94)76-43-49-98-88(60-76)82-30-9-14-35-96(82)103-98/h2-50,52-60H,51H2,1H3. The van der Waals surface area contributed by atoms with E-state index in [9.17, 15) is 0 Å². The van der Waals surface area contributed by atoms with Gasteiger partial charge in [-0.3, -0.25) is 0 Å². The highest BCUT2D eigenvalue weighted by Gasteiger charge is 2.21. The second-order valence-corrected chi connectivity index (χ2v) is 27.6. The monoisotopic (exact) mass is 1310 g/mol. The number of hydrogen-bond acceptors (Lipinski definition) is 2. The average molecular weight is 1310 g/mol. The average Bonchev–Trinajstić information content (AvgIpc) is 1.61. The van der Waals surface area contributed by atoms with Crippen LogP contribution >= 0.6 is 0 Å². The Bertz CT molecular complexity index is 7050. The van der Waals surface area contributed by atoms with Crippen LogP contribution in [0.25, 0.3) is 193 Å². The number of aromatic nitrogens is 3. The van der Waals surface area contributed by atoms with Gasteiger partial charge in [0.05, 0.1) is 33.1 Å². The Labute approximate surface area is 593 Å². The first-order chi connectivity index (χ1) is 50.9. The van der Waals surface area contributed by atoms with E-state index in [1.165, 1.54) is 138 Å². The van der Waals surface area contributed by atoms with E-state index in [0.717, 1.165) is 78.4 Å². The molecule has 0 aliphatic rings. The first-order valence-corrected chi connectivity index (χ1v) is 35.5. The van der Waals surface area contributed by atoms with E-state index < -0.39 is 0 Å². The molecule has 0 radical (unpaired) electrons. The van der Waals surface area contributed by atoms with Gasteiger partial charge in [-0.25, -0.2) is 0 Å². The normalized spacial score (nSPS) is 12.0. The van der Waals surface area contributed by atoms with E-state index in [0.29, 0.717) is 0 Å². The fourth-order valence-corrected chi connectivity index (χ4v) is 16.7. The molecule has 0 amide bonds. The molecule has 21 rings (SSSR count). The molecule has 0 unspecified atom stereocenters. The third kappa shape index (κ3) is 9.62. The highest BCUT2D eigenvalue weighted by atomic mass is 16.3. The summed E-state index contributed by atoms with van der Waals surface area (Å²) in [5, 5.41) is 11.9. The van der Waals surface area contributed by atoms with E-state index in [-0.39, 0.29) is 0 Å². The maximum atomic E-state index is 6.32. The minimum absolute atomic E-state index is 0.754.